The lowest BCUT2D eigenvalue weighted by Gasteiger charge is -2.28. The summed E-state index contributed by atoms with van der Waals surface area (Å²) in [7, 11) is -3.67. The van der Waals surface area contributed by atoms with Crippen LogP contribution in [0.5, 0.6) is 0 Å². The van der Waals surface area contributed by atoms with Crippen LogP contribution in [-0.2, 0) is 16.6 Å². The molecule has 0 aliphatic carbocycles. The maximum atomic E-state index is 12.4. The molecule has 3 rings (SSSR count). The van der Waals surface area contributed by atoms with Crippen molar-refractivity contribution in [2.75, 3.05) is 11.3 Å². The van der Waals surface area contributed by atoms with Crippen molar-refractivity contribution in [1.82, 2.24) is 14.9 Å². The first-order valence-corrected chi connectivity index (χ1v) is 11.9. The predicted octanol–water partition coefficient (Wildman–Crippen LogP) is 2.87. The smallest absolute Gasteiger partial charge is 0.356 e. The molecule has 1 aromatic heterocycles. The first-order valence-electron chi connectivity index (χ1n) is 10.4. The second-order valence-corrected chi connectivity index (χ2v) is 10.1. The fourth-order valence-corrected chi connectivity index (χ4v) is 4.25. The van der Waals surface area contributed by atoms with Crippen LogP contribution >= 0.6 is 0 Å². The molecule has 0 saturated carbocycles. The number of carboxylic acids is 1. The quantitative estimate of drug-likeness (QED) is 0.337. The van der Waals surface area contributed by atoms with E-state index >= 15 is 0 Å². The van der Waals surface area contributed by atoms with Crippen LogP contribution in [0.4, 0.5) is 5.69 Å². The third kappa shape index (κ3) is 6.88. The molecule has 10 heteroatoms. The first-order chi connectivity index (χ1) is 15.6. The molecule has 4 N–H and O–H groups in total. The van der Waals surface area contributed by atoms with Crippen LogP contribution in [0.25, 0.3) is 0 Å². The molecule has 2 aromatic carbocycles. The van der Waals surface area contributed by atoms with Gasteiger partial charge in [0.1, 0.15) is 0 Å². The summed E-state index contributed by atoms with van der Waals surface area (Å²) >= 11 is 0. The average Bonchev–Trinajstić information content (AvgIpc) is 3.27. The van der Waals surface area contributed by atoms with Gasteiger partial charge in [-0.25, -0.2) is 18.2 Å². The van der Waals surface area contributed by atoms with Crippen LogP contribution in [0.3, 0.4) is 0 Å². The number of aromatic carboxylic acids is 1. The highest BCUT2D eigenvalue weighted by molar-refractivity contribution is 7.92. The lowest BCUT2D eigenvalue weighted by Crippen LogP contribution is -2.42. The van der Waals surface area contributed by atoms with E-state index in [1.54, 1.807) is 47.0 Å². The first kappa shape index (κ1) is 24.4. The molecular formula is C23H28N4O5S. The van der Waals surface area contributed by atoms with E-state index in [1.165, 1.54) is 24.7 Å². The van der Waals surface area contributed by atoms with Gasteiger partial charge in [0.15, 0.2) is 5.69 Å². The zero-order chi connectivity index (χ0) is 24.1. The van der Waals surface area contributed by atoms with E-state index in [0.717, 1.165) is 0 Å². The van der Waals surface area contributed by atoms with Gasteiger partial charge >= 0.3 is 5.97 Å². The van der Waals surface area contributed by atoms with Crippen molar-refractivity contribution in [3.05, 3.63) is 78.4 Å². The van der Waals surface area contributed by atoms with E-state index in [9.17, 15) is 18.3 Å². The van der Waals surface area contributed by atoms with Crippen LogP contribution in [0.1, 0.15) is 42.4 Å². The summed E-state index contributed by atoms with van der Waals surface area (Å²) in [6.07, 6.45) is 2.88. The zero-order valence-electron chi connectivity index (χ0n) is 18.5. The highest BCUT2D eigenvalue weighted by Crippen LogP contribution is 2.20. The standard InChI is InChI=1S/C23H28N4O5S/c1-23(2,12-13-27-15-20(22(29)30)24-16-27)25-14-21(28)17-8-10-18(11-9-17)26-33(31,32)19-6-4-3-5-7-19/h3-11,15-16,21,25-26,28H,12-14H2,1-2H3,(H,29,30). The molecule has 1 atom stereocenters. The van der Waals surface area contributed by atoms with E-state index in [0.29, 0.717) is 30.8 Å². The molecule has 33 heavy (non-hydrogen) atoms. The van der Waals surface area contributed by atoms with Gasteiger partial charge in [-0.05, 0) is 50.1 Å². The number of anilines is 1. The van der Waals surface area contributed by atoms with Gasteiger partial charge in [0.25, 0.3) is 10.0 Å². The van der Waals surface area contributed by atoms with Gasteiger partial charge in [-0.3, -0.25) is 4.72 Å². The number of hydrogen-bond donors (Lipinski definition) is 4. The van der Waals surface area contributed by atoms with Gasteiger partial charge in [0, 0.05) is 30.5 Å². The molecule has 1 unspecified atom stereocenters. The van der Waals surface area contributed by atoms with E-state index in [2.05, 4.69) is 15.0 Å². The Bertz CT molecular complexity index is 1180. The number of benzene rings is 2. The third-order valence-corrected chi connectivity index (χ3v) is 6.62. The topological polar surface area (TPSA) is 134 Å². The van der Waals surface area contributed by atoms with Gasteiger partial charge in [-0.2, -0.15) is 0 Å². The SMILES string of the molecule is CC(C)(CCn1cnc(C(=O)O)c1)NCC(O)c1ccc(NS(=O)(=O)c2ccccc2)cc1. The Hall–Kier alpha value is -3.21. The van der Waals surface area contributed by atoms with Crippen LogP contribution in [0, 0.1) is 0 Å². The maximum absolute atomic E-state index is 12.4. The van der Waals surface area contributed by atoms with Crippen molar-refractivity contribution in [1.29, 1.82) is 0 Å². The van der Waals surface area contributed by atoms with Gasteiger partial charge in [-0.1, -0.05) is 30.3 Å². The fraction of sp³-hybridized carbons (Fsp3) is 0.304. The van der Waals surface area contributed by atoms with Crippen molar-refractivity contribution in [3.63, 3.8) is 0 Å². The molecule has 0 aliphatic rings. The van der Waals surface area contributed by atoms with E-state index in [1.807, 2.05) is 13.8 Å². The predicted molar refractivity (Wildman–Crippen MR) is 125 cm³/mol. The highest BCUT2D eigenvalue weighted by atomic mass is 32.2. The van der Waals surface area contributed by atoms with Gasteiger partial charge in [0.2, 0.25) is 0 Å². The Labute approximate surface area is 193 Å². The number of hydrogen-bond acceptors (Lipinski definition) is 6. The number of carbonyl (C=O) groups is 1. The van der Waals surface area contributed by atoms with Crippen molar-refractivity contribution in [2.45, 2.75) is 43.4 Å². The van der Waals surface area contributed by atoms with Crippen molar-refractivity contribution >= 4 is 21.7 Å². The van der Waals surface area contributed by atoms with Crippen LogP contribution in [0.2, 0.25) is 0 Å². The molecule has 3 aromatic rings. The molecule has 176 valence electrons. The molecule has 0 aliphatic heterocycles. The molecule has 0 fully saturated rings. The summed E-state index contributed by atoms with van der Waals surface area (Å²) in [5.41, 5.74) is 0.747. The molecule has 9 nitrogen and oxygen atoms in total. The number of aryl methyl sites for hydroxylation is 1. The Balaban J connectivity index is 1.52. The van der Waals surface area contributed by atoms with Gasteiger partial charge in [-0.15, -0.1) is 0 Å². The van der Waals surface area contributed by atoms with Gasteiger partial charge < -0.3 is 20.1 Å². The number of carboxylic acid groups (broad SMARTS) is 1. The molecule has 0 amide bonds. The number of rotatable bonds is 11. The van der Waals surface area contributed by atoms with E-state index in [-0.39, 0.29) is 16.1 Å². The Kier molecular flexibility index (Phi) is 7.52. The highest BCUT2D eigenvalue weighted by Gasteiger charge is 2.20. The zero-order valence-corrected chi connectivity index (χ0v) is 19.3. The summed E-state index contributed by atoms with van der Waals surface area (Å²) in [5, 5.41) is 22.8. The number of imidazole rings is 1. The Morgan fingerprint density at radius 3 is 2.39 bits per heavy atom. The number of aliphatic hydroxyl groups is 1. The molecular weight excluding hydrogens is 444 g/mol. The van der Waals surface area contributed by atoms with Crippen molar-refractivity contribution in [3.8, 4) is 0 Å². The summed E-state index contributed by atoms with van der Waals surface area (Å²) in [4.78, 5) is 14.9. The summed E-state index contributed by atoms with van der Waals surface area (Å²) in [5.74, 6) is -1.06. The van der Waals surface area contributed by atoms with E-state index in [4.69, 9.17) is 5.11 Å². The van der Waals surface area contributed by atoms with Crippen LogP contribution in [-0.4, -0.2) is 46.2 Å². The summed E-state index contributed by atoms with van der Waals surface area (Å²) < 4.78 is 29.1. The second-order valence-electron chi connectivity index (χ2n) is 8.37. The number of nitrogens with one attached hydrogen (secondary N) is 2. The minimum Gasteiger partial charge on any atom is -0.476 e. The number of nitrogens with zero attached hydrogens (tertiary/aromatic N) is 2. The lowest BCUT2D eigenvalue weighted by molar-refractivity contribution is 0.0691. The minimum absolute atomic E-state index is 0.00527. The monoisotopic (exact) mass is 472 g/mol. The maximum Gasteiger partial charge on any atom is 0.356 e. The Morgan fingerprint density at radius 1 is 1.12 bits per heavy atom. The second kappa shape index (κ2) is 10.2. The normalized spacial score (nSPS) is 12.9. The van der Waals surface area contributed by atoms with Gasteiger partial charge in [0.05, 0.1) is 17.3 Å². The van der Waals surface area contributed by atoms with Crippen LogP contribution in [0.15, 0.2) is 72.0 Å². The lowest BCUT2D eigenvalue weighted by atomic mass is 9.99. The van der Waals surface area contributed by atoms with Crippen LogP contribution < -0.4 is 10.0 Å². The van der Waals surface area contributed by atoms with E-state index < -0.39 is 22.1 Å². The number of aromatic nitrogens is 2. The third-order valence-electron chi connectivity index (χ3n) is 5.22. The van der Waals surface area contributed by atoms with Crippen molar-refractivity contribution in [2.24, 2.45) is 0 Å². The fourth-order valence-electron chi connectivity index (χ4n) is 3.17. The average molecular weight is 473 g/mol. The molecule has 1 heterocycles. The molecule has 0 radical (unpaired) electrons. The number of sulfonamides is 1. The Morgan fingerprint density at radius 2 is 1.79 bits per heavy atom. The molecule has 0 bridgehead atoms. The molecule has 0 saturated heterocycles. The summed E-state index contributed by atoms with van der Waals surface area (Å²) in [6, 6.07) is 14.7. The van der Waals surface area contributed by atoms with Crippen molar-refractivity contribution < 1.29 is 23.4 Å². The summed E-state index contributed by atoms with van der Waals surface area (Å²) in [6.45, 7) is 4.87. The minimum atomic E-state index is -3.67. The molecule has 0 spiro atoms. The number of β-amino-alcohol motifs (C(OH)–C–C–N with tert-alkyl or cyclic N) is 1. The largest absolute Gasteiger partial charge is 0.476 e. The number of aliphatic hydroxyl groups excluding tert-OH is 1.